The summed E-state index contributed by atoms with van der Waals surface area (Å²) in [5, 5.41) is 13.5. The number of hydrogen-bond donors (Lipinski definition) is 1. The highest BCUT2D eigenvalue weighted by molar-refractivity contribution is 7.15. The van der Waals surface area contributed by atoms with Crippen molar-refractivity contribution in [2.45, 2.75) is 51.5 Å². The molecule has 0 unspecified atom stereocenters. The molecule has 0 saturated carbocycles. The quantitative estimate of drug-likeness (QED) is 0.862. The maximum absolute atomic E-state index is 5.50. The maximum atomic E-state index is 5.50. The van der Waals surface area contributed by atoms with Gasteiger partial charge in [-0.2, -0.15) is 0 Å². The smallest absolute Gasteiger partial charge is 0.211 e. The van der Waals surface area contributed by atoms with Gasteiger partial charge in [0.1, 0.15) is 16.6 Å². The lowest BCUT2D eigenvalue weighted by Gasteiger charge is -2.30. The van der Waals surface area contributed by atoms with Crippen molar-refractivity contribution < 1.29 is 4.74 Å². The van der Waals surface area contributed by atoms with Crippen LogP contribution in [0.2, 0.25) is 0 Å². The molecule has 0 aromatic carbocycles. The largest absolute Gasteiger partial charge is 0.381 e. The predicted molar refractivity (Wildman–Crippen MR) is 102 cm³/mol. The van der Waals surface area contributed by atoms with Crippen LogP contribution in [0.3, 0.4) is 0 Å². The molecule has 2 fully saturated rings. The Morgan fingerprint density at radius 3 is 2.85 bits per heavy atom. The van der Waals surface area contributed by atoms with Gasteiger partial charge in [0.15, 0.2) is 0 Å². The van der Waals surface area contributed by atoms with Crippen LogP contribution in [0.15, 0.2) is 6.07 Å². The highest BCUT2D eigenvalue weighted by Gasteiger charge is 2.31. The number of rotatable bonds is 5. The number of aromatic nitrogens is 4. The summed E-state index contributed by atoms with van der Waals surface area (Å²) in [5.74, 6) is 2.16. The molecule has 0 amide bonds. The van der Waals surface area contributed by atoms with E-state index in [0.29, 0.717) is 12.0 Å². The van der Waals surface area contributed by atoms with Gasteiger partial charge in [-0.05, 0) is 39.2 Å². The van der Waals surface area contributed by atoms with Gasteiger partial charge in [-0.25, -0.2) is 9.97 Å². The van der Waals surface area contributed by atoms with Crippen LogP contribution in [-0.2, 0) is 11.2 Å². The minimum absolute atomic E-state index is 0.402. The molecule has 0 radical (unpaired) electrons. The summed E-state index contributed by atoms with van der Waals surface area (Å²) in [5.41, 5.74) is 0.988. The number of aryl methyl sites for hydroxylation is 2. The minimum atomic E-state index is 0.402. The molecule has 26 heavy (non-hydrogen) atoms. The van der Waals surface area contributed by atoms with E-state index in [0.717, 1.165) is 79.5 Å². The number of hydrogen-bond acceptors (Lipinski definition) is 8. The van der Waals surface area contributed by atoms with Gasteiger partial charge < -0.3 is 10.1 Å². The molecule has 1 atom stereocenters. The Hall–Kier alpha value is -1.64. The lowest BCUT2D eigenvalue weighted by molar-refractivity contribution is 0.0419. The van der Waals surface area contributed by atoms with Crippen LogP contribution in [0.5, 0.6) is 0 Å². The number of ether oxygens (including phenoxy) is 1. The number of anilines is 2. The predicted octanol–water partition coefficient (Wildman–Crippen LogP) is 2.91. The summed E-state index contributed by atoms with van der Waals surface area (Å²) in [6.07, 6.45) is 4.31. The summed E-state index contributed by atoms with van der Waals surface area (Å²) < 4.78 is 5.50. The molecule has 8 heteroatoms. The number of nitrogens with zero attached hydrogens (tertiary/aromatic N) is 5. The summed E-state index contributed by atoms with van der Waals surface area (Å²) in [6.45, 7) is 8.07. The molecule has 140 valence electrons. The Morgan fingerprint density at radius 1 is 1.23 bits per heavy atom. The van der Waals surface area contributed by atoms with Crippen LogP contribution < -0.4 is 5.32 Å². The van der Waals surface area contributed by atoms with Crippen LogP contribution in [0.4, 0.5) is 10.9 Å². The molecule has 2 aliphatic rings. The van der Waals surface area contributed by atoms with E-state index < -0.39 is 0 Å². The fourth-order valence-electron chi connectivity index (χ4n) is 3.77. The normalized spacial score (nSPS) is 22.0. The highest BCUT2D eigenvalue weighted by atomic mass is 32.1. The summed E-state index contributed by atoms with van der Waals surface area (Å²) in [4.78, 5) is 12.1. The Morgan fingerprint density at radius 2 is 2.08 bits per heavy atom. The van der Waals surface area contributed by atoms with Gasteiger partial charge in [0.05, 0.1) is 0 Å². The van der Waals surface area contributed by atoms with Gasteiger partial charge in [0.25, 0.3) is 0 Å². The molecular formula is C18H26N6OS. The van der Waals surface area contributed by atoms with Crippen molar-refractivity contribution >= 4 is 22.3 Å². The van der Waals surface area contributed by atoms with E-state index >= 15 is 0 Å². The summed E-state index contributed by atoms with van der Waals surface area (Å²) in [7, 11) is 0. The van der Waals surface area contributed by atoms with E-state index in [4.69, 9.17) is 14.7 Å². The fourth-order valence-corrected chi connectivity index (χ4v) is 4.46. The molecule has 0 spiro atoms. The van der Waals surface area contributed by atoms with Gasteiger partial charge in [-0.15, -0.1) is 10.2 Å². The fraction of sp³-hybridized carbons (Fsp3) is 0.667. The average Bonchev–Trinajstić information content (AvgIpc) is 3.31. The summed E-state index contributed by atoms with van der Waals surface area (Å²) >= 11 is 1.58. The third-order valence-corrected chi connectivity index (χ3v) is 6.15. The van der Waals surface area contributed by atoms with Gasteiger partial charge in [-0.3, -0.25) is 4.90 Å². The van der Waals surface area contributed by atoms with Crippen molar-refractivity contribution in [3.8, 4) is 0 Å². The Bertz CT molecular complexity index is 745. The third-order valence-electron chi connectivity index (χ3n) is 5.17. The monoisotopic (exact) mass is 374 g/mol. The standard InChI is InChI=1S/C18H26N6OS/c1-3-16-22-23-18(26-16)21-15-10-12(2)19-17(20-15)13-4-7-24(11-13)14-5-8-25-9-6-14/h10,13-14H,3-9,11H2,1-2H3,(H,19,20,21,23)/t13-/m0/s1. The first-order valence-electron chi connectivity index (χ1n) is 9.48. The van der Waals surface area contributed by atoms with Crippen molar-refractivity contribution in [2.75, 3.05) is 31.6 Å². The molecule has 4 rings (SSSR count). The van der Waals surface area contributed by atoms with E-state index in [1.165, 1.54) is 0 Å². The van der Waals surface area contributed by atoms with Crippen molar-refractivity contribution in [3.05, 3.63) is 22.6 Å². The first kappa shape index (κ1) is 17.8. The minimum Gasteiger partial charge on any atom is -0.381 e. The van der Waals surface area contributed by atoms with Crippen LogP contribution in [0.1, 0.15) is 48.6 Å². The van der Waals surface area contributed by atoms with Crippen molar-refractivity contribution in [2.24, 2.45) is 0 Å². The van der Waals surface area contributed by atoms with E-state index in [-0.39, 0.29) is 0 Å². The zero-order chi connectivity index (χ0) is 17.9. The van der Waals surface area contributed by atoms with Gasteiger partial charge in [-0.1, -0.05) is 18.3 Å². The molecule has 7 nitrogen and oxygen atoms in total. The van der Waals surface area contributed by atoms with Gasteiger partial charge in [0, 0.05) is 43.5 Å². The zero-order valence-electron chi connectivity index (χ0n) is 15.4. The molecular weight excluding hydrogens is 348 g/mol. The molecule has 4 heterocycles. The van der Waals surface area contributed by atoms with Crippen LogP contribution in [0.25, 0.3) is 0 Å². The second-order valence-electron chi connectivity index (χ2n) is 7.06. The Labute approximate surface area is 158 Å². The molecule has 0 aliphatic carbocycles. The number of likely N-dealkylation sites (tertiary alicyclic amines) is 1. The van der Waals surface area contributed by atoms with E-state index in [2.05, 4.69) is 27.3 Å². The summed E-state index contributed by atoms with van der Waals surface area (Å²) in [6, 6.07) is 2.63. The zero-order valence-corrected chi connectivity index (χ0v) is 16.3. The van der Waals surface area contributed by atoms with E-state index in [1.807, 2.05) is 13.0 Å². The van der Waals surface area contributed by atoms with Gasteiger partial charge in [0.2, 0.25) is 5.13 Å². The Balaban J connectivity index is 1.45. The molecule has 2 aliphatic heterocycles. The second kappa shape index (κ2) is 7.94. The van der Waals surface area contributed by atoms with E-state index in [9.17, 15) is 0 Å². The molecule has 0 bridgehead atoms. The molecule has 2 aromatic heterocycles. The average molecular weight is 375 g/mol. The van der Waals surface area contributed by atoms with Crippen LogP contribution in [0, 0.1) is 6.92 Å². The third kappa shape index (κ3) is 4.02. The van der Waals surface area contributed by atoms with Crippen LogP contribution in [-0.4, -0.2) is 57.4 Å². The number of nitrogens with one attached hydrogen (secondary N) is 1. The van der Waals surface area contributed by atoms with Crippen molar-refractivity contribution in [1.82, 2.24) is 25.1 Å². The molecule has 1 N–H and O–H groups in total. The van der Waals surface area contributed by atoms with Crippen LogP contribution >= 0.6 is 11.3 Å². The highest BCUT2D eigenvalue weighted by Crippen LogP contribution is 2.30. The molecule has 2 aromatic rings. The van der Waals surface area contributed by atoms with Crippen molar-refractivity contribution in [1.29, 1.82) is 0 Å². The SMILES string of the molecule is CCc1nnc(Nc2cc(C)nc([C@H]3CCN(C4CCOCC4)C3)n2)s1. The first-order chi connectivity index (χ1) is 12.7. The molecule has 2 saturated heterocycles. The lowest BCUT2D eigenvalue weighted by atomic mass is 10.1. The maximum Gasteiger partial charge on any atom is 0.211 e. The topological polar surface area (TPSA) is 76.1 Å². The first-order valence-corrected chi connectivity index (χ1v) is 10.3. The van der Waals surface area contributed by atoms with Crippen molar-refractivity contribution in [3.63, 3.8) is 0 Å². The van der Waals surface area contributed by atoms with E-state index in [1.54, 1.807) is 11.3 Å². The lowest BCUT2D eigenvalue weighted by Crippen LogP contribution is -2.37. The Kier molecular flexibility index (Phi) is 5.42. The second-order valence-corrected chi connectivity index (χ2v) is 8.12. The van der Waals surface area contributed by atoms with Gasteiger partial charge >= 0.3 is 0 Å².